The van der Waals surface area contributed by atoms with Gasteiger partial charge in [0, 0.05) is 48.0 Å². The Morgan fingerprint density at radius 3 is 1.98 bits per heavy atom. The number of methoxy groups -OCH3 is 2. The number of imidazole rings is 1. The molecule has 5 aromatic rings. The molecule has 1 amide bonds. The normalized spacial score (nSPS) is 11.0. The lowest BCUT2D eigenvalue weighted by atomic mass is 9.98. The summed E-state index contributed by atoms with van der Waals surface area (Å²) in [6.45, 7) is 7.48. The summed E-state index contributed by atoms with van der Waals surface area (Å²) in [7, 11) is 3.29. The number of ether oxygens (including phenoxy) is 4. The Bertz CT molecular complexity index is 1790. The summed E-state index contributed by atoms with van der Waals surface area (Å²) in [4.78, 5) is 18.2. The monoisotopic (exact) mass is 648 g/mol. The zero-order valence-corrected chi connectivity index (χ0v) is 28.1. The van der Waals surface area contributed by atoms with Gasteiger partial charge in [-0.2, -0.15) is 0 Å². The number of aromatic nitrogens is 2. The molecule has 0 atom stereocenters. The van der Waals surface area contributed by atoms with Gasteiger partial charge in [-0.05, 0) is 54.8 Å². The highest BCUT2D eigenvalue weighted by Crippen LogP contribution is 2.40. The van der Waals surface area contributed by atoms with Crippen molar-refractivity contribution in [3.63, 3.8) is 0 Å². The van der Waals surface area contributed by atoms with Crippen LogP contribution >= 0.6 is 0 Å². The summed E-state index contributed by atoms with van der Waals surface area (Å²) in [5.74, 6) is 1.97. The van der Waals surface area contributed by atoms with Gasteiger partial charge in [0.1, 0.15) is 17.3 Å². The molecule has 0 radical (unpaired) electrons. The van der Waals surface area contributed by atoms with E-state index in [1.54, 1.807) is 14.2 Å². The molecule has 4 aromatic carbocycles. The van der Waals surface area contributed by atoms with Crippen molar-refractivity contribution < 1.29 is 23.7 Å². The molecule has 0 aliphatic carbocycles. The first-order valence-corrected chi connectivity index (χ1v) is 16.1. The van der Waals surface area contributed by atoms with Crippen molar-refractivity contribution in [2.45, 2.75) is 20.4 Å². The van der Waals surface area contributed by atoms with Crippen LogP contribution in [0.1, 0.15) is 27.0 Å². The fourth-order valence-electron chi connectivity index (χ4n) is 5.59. The topological polar surface area (TPSA) is 110 Å². The van der Waals surface area contributed by atoms with Crippen LogP contribution in [0.5, 0.6) is 11.5 Å². The van der Waals surface area contributed by atoms with Gasteiger partial charge in [-0.15, -0.1) is 0 Å². The van der Waals surface area contributed by atoms with Crippen LogP contribution in [-0.2, 0) is 16.0 Å². The molecule has 1 aromatic heterocycles. The Balaban J connectivity index is 1.51. The standard InChI is InChI=1S/C39H44N4O5/c1-27-9-5-7-11-34(27)36-37(35-12-8-6-10-28(35)2)43(38(42-36)31-23-32(45-3)25-33(24-31)46-4)26-29-13-15-30(16-14-29)39(44)41-18-20-48-22-21-47-19-17-40/h5-16,23-25H,17-22,26,40H2,1-4H3,(H,41,44). The van der Waals surface area contributed by atoms with Gasteiger partial charge in [-0.1, -0.05) is 60.7 Å². The molecule has 0 fully saturated rings. The average molecular weight is 649 g/mol. The van der Waals surface area contributed by atoms with Gasteiger partial charge in [-0.3, -0.25) is 4.79 Å². The minimum Gasteiger partial charge on any atom is -0.497 e. The third kappa shape index (κ3) is 8.30. The maximum atomic E-state index is 12.9. The van der Waals surface area contributed by atoms with Crippen molar-refractivity contribution >= 4 is 5.91 Å². The SMILES string of the molecule is COc1cc(OC)cc(-c2nc(-c3ccccc3C)c(-c3ccccc3C)n2Cc2ccc(C(=O)NCCOCCOCCN)cc2)c1. The molecule has 9 nitrogen and oxygen atoms in total. The second kappa shape index (κ2) is 16.7. The summed E-state index contributed by atoms with van der Waals surface area (Å²) in [6.07, 6.45) is 0. The predicted molar refractivity (Wildman–Crippen MR) is 190 cm³/mol. The Labute approximate surface area is 282 Å². The van der Waals surface area contributed by atoms with Crippen LogP contribution in [0.3, 0.4) is 0 Å². The summed E-state index contributed by atoms with van der Waals surface area (Å²) in [5.41, 5.74) is 14.2. The Morgan fingerprint density at radius 2 is 1.38 bits per heavy atom. The Hall–Kier alpha value is -4.96. The van der Waals surface area contributed by atoms with Gasteiger partial charge in [0.05, 0.1) is 52.0 Å². The zero-order chi connectivity index (χ0) is 33.9. The van der Waals surface area contributed by atoms with Gasteiger partial charge < -0.3 is 34.6 Å². The first-order chi connectivity index (χ1) is 23.4. The van der Waals surface area contributed by atoms with Crippen molar-refractivity contribution in [3.05, 3.63) is 113 Å². The van der Waals surface area contributed by atoms with Crippen LogP contribution in [0.25, 0.3) is 33.9 Å². The first kappa shape index (κ1) is 34.4. The number of benzene rings is 4. The Kier molecular flexibility index (Phi) is 12.0. The molecule has 250 valence electrons. The molecular weight excluding hydrogens is 604 g/mol. The van der Waals surface area contributed by atoms with Crippen molar-refractivity contribution in [2.75, 3.05) is 53.7 Å². The number of rotatable bonds is 16. The fraction of sp³-hybridized carbons (Fsp3) is 0.282. The van der Waals surface area contributed by atoms with Gasteiger partial charge >= 0.3 is 0 Å². The third-order valence-corrected chi connectivity index (χ3v) is 8.10. The van der Waals surface area contributed by atoms with Crippen LogP contribution in [0.2, 0.25) is 0 Å². The third-order valence-electron chi connectivity index (χ3n) is 8.10. The van der Waals surface area contributed by atoms with Gasteiger partial charge in [0.2, 0.25) is 0 Å². The van der Waals surface area contributed by atoms with Crippen molar-refractivity contribution in [3.8, 4) is 45.4 Å². The molecule has 1 heterocycles. The summed E-state index contributed by atoms with van der Waals surface area (Å²) >= 11 is 0. The Morgan fingerprint density at radius 1 is 0.771 bits per heavy atom. The number of nitrogens with one attached hydrogen (secondary N) is 1. The minimum atomic E-state index is -0.154. The fourth-order valence-corrected chi connectivity index (χ4v) is 5.59. The van der Waals surface area contributed by atoms with Crippen LogP contribution in [0.4, 0.5) is 0 Å². The number of carbonyl (C=O) groups excluding carboxylic acids is 1. The summed E-state index contributed by atoms with van der Waals surface area (Å²) in [5, 5.41) is 2.92. The molecule has 0 aliphatic heterocycles. The van der Waals surface area contributed by atoms with E-state index in [1.807, 2.05) is 54.6 Å². The number of hydrogen-bond acceptors (Lipinski definition) is 7. The lowest BCUT2D eigenvalue weighted by molar-refractivity contribution is 0.0511. The van der Waals surface area contributed by atoms with Gasteiger partial charge in [-0.25, -0.2) is 4.98 Å². The molecular formula is C39H44N4O5. The number of amides is 1. The van der Waals surface area contributed by atoms with E-state index in [-0.39, 0.29) is 5.91 Å². The van der Waals surface area contributed by atoms with Crippen LogP contribution < -0.4 is 20.5 Å². The molecule has 0 aliphatic rings. The smallest absolute Gasteiger partial charge is 0.251 e. The van der Waals surface area contributed by atoms with Crippen molar-refractivity contribution in [1.82, 2.24) is 14.9 Å². The van der Waals surface area contributed by atoms with E-state index in [0.717, 1.165) is 50.6 Å². The zero-order valence-electron chi connectivity index (χ0n) is 28.1. The molecule has 3 N–H and O–H groups in total. The van der Waals surface area contributed by atoms with E-state index in [4.69, 9.17) is 29.7 Å². The largest absolute Gasteiger partial charge is 0.497 e. The maximum absolute atomic E-state index is 12.9. The highest BCUT2D eigenvalue weighted by molar-refractivity contribution is 5.94. The van der Waals surface area contributed by atoms with Crippen molar-refractivity contribution in [1.29, 1.82) is 0 Å². The number of carbonyl (C=O) groups is 1. The first-order valence-electron chi connectivity index (χ1n) is 16.1. The van der Waals surface area contributed by atoms with Crippen LogP contribution in [-0.4, -0.2) is 69.2 Å². The van der Waals surface area contributed by atoms with E-state index in [9.17, 15) is 4.79 Å². The average Bonchev–Trinajstić information content (AvgIpc) is 3.48. The number of nitrogens with zero attached hydrogens (tertiary/aromatic N) is 2. The van der Waals surface area contributed by atoms with Gasteiger partial charge in [0.15, 0.2) is 0 Å². The molecule has 0 saturated heterocycles. The van der Waals surface area contributed by atoms with E-state index in [1.165, 1.54) is 0 Å². The summed E-state index contributed by atoms with van der Waals surface area (Å²) in [6, 6.07) is 30.2. The van der Waals surface area contributed by atoms with E-state index >= 15 is 0 Å². The molecule has 0 saturated carbocycles. The molecule has 9 heteroatoms. The maximum Gasteiger partial charge on any atom is 0.251 e. The molecule has 48 heavy (non-hydrogen) atoms. The number of nitrogens with two attached hydrogens (primary N) is 1. The molecule has 0 spiro atoms. The summed E-state index contributed by atoms with van der Waals surface area (Å²) < 4.78 is 24.4. The predicted octanol–water partition coefficient (Wildman–Crippen LogP) is 6.29. The van der Waals surface area contributed by atoms with E-state index in [2.05, 4.69) is 60.1 Å². The highest BCUT2D eigenvalue weighted by atomic mass is 16.5. The molecule has 0 bridgehead atoms. The van der Waals surface area contributed by atoms with Crippen LogP contribution in [0.15, 0.2) is 91.0 Å². The second-order valence-electron chi connectivity index (χ2n) is 11.4. The number of hydrogen-bond donors (Lipinski definition) is 2. The quantitative estimate of drug-likeness (QED) is 0.121. The number of aryl methyl sites for hydroxylation is 2. The van der Waals surface area contributed by atoms with E-state index < -0.39 is 0 Å². The minimum absolute atomic E-state index is 0.154. The lowest BCUT2D eigenvalue weighted by Crippen LogP contribution is -2.27. The van der Waals surface area contributed by atoms with E-state index in [0.29, 0.717) is 63.1 Å². The van der Waals surface area contributed by atoms with Gasteiger partial charge in [0.25, 0.3) is 5.91 Å². The highest BCUT2D eigenvalue weighted by Gasteiger charge is 2.24. The second-order valence-corrected chi connectivity index (χ2v) is 11.4. The van der Waals surface area contributed by atoms with Crippen molar-refractivity contribution in [2.24, 2.45) is 5.73 Å². The molecule has 5 rings (SSSR count). The lowest BCUT2D eigenvalue weighted by Gasteiger charge is -2.16. The molecule has 0 unspecified atom stereocenters. The van der Waals surface area contributed by atoms with Crippen LogP contribution in [0, 0.1) is 13.8 Å².